The molecule has 0 radical (unpaired) electrons. The first kappa shape index (κ1) is 23.8. The van der Waals surface area contributed by atoms with Crippen molar-refractivity contribution in [2.24, 2.45) is 0 Å². The molecule has 8 heteroatoms. The van der Waals surface area contributed by atoms with E-state index >= 15 is 0 Å². The first-order chi connectivity index (χ1) is 16.5. The highest BCUT2D eigenvalue weighted by atomic mass is 32.2. The standard InChI is InChI=1S/C26H26N4O2S2/c1-5-13-30-25(22-15-33-18(3)24(22)19-11-9-17(2)10-12-19)28-29-26(30)34-16-23(31)27-20-7-6-8-21(14-20)32-4/h5-12,14-15H,1,13,16H2,2-4H3,(H,27,31). The van der Waals surface area contributed by atoms with Crippen LogP contribution in [0, 0.1) is 13.8 Å². The number of amides is 1. The third-order valence-electron chi connectivity index (χ3n) is 5.27. The number of thioether (sulfide) groups is 1. The molecular formula is C26H26N4O2S2. The molecule has 1 N–H and O–H groups in total. The summed E-state index contributed by atoms with van der Waals surface area (Å²) in [5.41, 5.74) is 5.26. The van der Waals surface area contributed by atoms with Gasteiger partial charge in [-0.1, -0.05) is 53.7 Å². The second-order valence-electron chi connectivity index (χ2n) is 7.72. The van der Waals surface area contributed by atoms with Gasteiger partial charge < -0.3 is 10.1 Å². The zero-order chi connectivity index (χ0) is 24.1. The van der Waals surface area contributed by atoms with Crippen LogP contribution in [0.4, 0.5) is 5.69 Å². The van der Waals surface area contributed by atoms with Crippen molar-refractivity contribution in [2.75, 3.05) is 18.2 Å². The van der Waals surface area contributed by atoms with Crippen LogP contribution >= 0.6 is 23.1 Å². The van der Waals surface area contributed by atoms with E-state index in [1.165, 1.54) is 22.2 Å². The molecule has 0 saturated carbocycles. The average Bonchev–Trinajstić information content (AvgIpc) is 3.41. The molecule has 0 spiro atoms. The number of nitrogens with one attached hydrogen (secondary N) is 1. The molecular weight excluding hydrogens is 464 g/mol. The average molecular weight is 491 g/mol. The first-order valence-corrected chi connectivity index (χ1v) is 12.6. The number of ether oxygens (including phenoxy) is 1. The summed E-state index contributed by atoms with van der Waals surface area (Å²) in [6.45, 7) is 8.65. The summed E-state index contributed by atoms with van der Waals surface area (Å²) in [6.07, 6.45) is 1.82. The molecule has 174 valence electrons. The van der Waals surface area contributed by atoms with Gasteiger partial charge >= 0.3 is 0 Å². The van der Waals surface area contributed by atoms with Gasteiger partial charge in [0.25, 0.3) is 0 Å². The monoisotopic (exact) mass is 490 g/mol. The number of hydrogen-bond acceptors (Lipinski definition) is 6. The number of aryl methyl sites for hydroxylation is 2. The molecule has 0 saturated heterocycles. The Balaban J connectivity index is 1.56. The first-order valence-electron chi connectivity index (χ1n) is 10.8. The van der Waals surface area contributed by atoms with Gasteiger partial charge in [0.1, 0.15) is 5.75 Å². The molecule has 4 rings (SSSR count). The van der Waals surface area contributed by atoms with E-state index in [1.54, 1.807) is 24.5 Å². The summed E-state index contributed by atoms with van der Waals surface area (Å²) >= 11 is 3.05. The van der Waals surface area contributed by atoms with E-state index in [4.69, 9.17) is 4.74 Å². The fourth-order valence-electron chi connectivity index (χ4n) is 3.61. The highest BCUT2D eigenvalue weighted by Crippen LogP contribution is 2.39. The minimum absolute atomic E-state index is 0.125. The number of rotatable bonds is 9. The number of aromatic nitrogens is 3. The topological polar surface area (TPSA) is 69.0 Å². The summed E-state index contributed by atoms with van der Waals surface area (Å²) < 4.78 is 7.23. The van der Waals surface area contributed by atoms with E-state index in [0.717, 1.165) is 22.5 Å². The molecule has 0 aliphatic heterocycles. The molecule has 4 aromatic rings. The highest BCUT2D eigenvalue weighted by molar-refractivity contribution is 7.99. The van der Waals surface area contributed by atoms with Crippen LogP contribution in [0.25, 0.3) is 22.5 Å². The Hall–Kier alpha value is -3.36. The van der Waals surface area contributed by atoms with Crippen molar-refractivity contribution >= 4 is 34.7 Å². The van der Waals surface area contributed by atoms with Crippen LogP contribution in [0.5, 0.6) is 5.75 Å². The maximum absolute atomic E-state index is 12.6. The number of methoxy groups -OCH3 is 1. The molecule has 0 atom stereocenters. The van der Waals surface area contributed by atoms with Crippen LogP contribution in [0.1, 0.15) is 10.4 Å². The number of anilines is 1. The predicted octanol–water partition coefficient (Wildman–Crippen LogP) is 6.22. The number of hydrogen-bond donors (Lipinski definition) is 1. The molecule has 0 fully saturated rings. The molecule has 0 aliphatic rings. The van der Waals surface area contributed by atoms with Gasteiger partial charge in [-0.2, -0.15) is 0 Å². The Morgan fingerprint density at radius 3 is 2.74 bits per heavy atom. The zero-order valence-corrected chi connectivity index (χ0v) is 21.0. The van der Waals surface area contributed by atoms with Crippen LogP contribution in [-0.4, -0.2) is 33.5 Å². The molecule has 2 aromatic carbocycles. The molecule has 0 aliphatic carbocycles. The Morgan fingerprint density at radius 2 is 2.00 bits per heavy atom. The minimum atomic E-state index is -0.125. The molecule has 0 unspecified atom stereocenters. The fourth-order valence-corrected chi connectivity index (χ4v) is 5.23. The van der Waals surface area contributed by atoms with Crippen LogP contribution in [-0.2, 0) is 11.3 Å². The fraction of sp³-hybridized carbons (Fsp3) is 0.192. The molecule has 6 nitrogen and oxygen atoms in total. The van der Waals surface area contributed by atoms with Crippen molar-refractivity contribution in [3.05, 3.63) is 77.0 Å². The number of carbonyl (C=O) groups is 1. The number of nitrogens with zero attached hydrogens (tertiary/aromatic N) is 3. The maximum Gasteiger partial charge on any atom is 0.234 e. The highest BCUT2D eigenvalue weighted by Gasteiger charge is 2.20. The van der Waals surface area contributed by atoms with Gasteiger partial charge in [-0.15, -0.1) is 28.1 Å². The summed E-state index contributed by atoms with van der Waals surface area (Å²) in [4.78, 5) is 13.8. The van der Waals surface area contributed by atoms with Crippen molar-refractivity contribution in [1.29, 1.82) is 0 Å². The smallest absolute Gasteiger partial charge is 0.234 e. The van der Waals surface area contributed by atoms with E-state index in [1.807, 2.05) is 28.8 Å². The maximum atomic E-state index is 12.6. The lowest BCUT2D eigenvalue weighted by atomic mass is 10.0. The van der Waals surface area contributed by atoms with Gasteiger partial charge in [-0.25, -0.2) is 0 Å². The number of thiophene rings is 1. The van der Waals surface area contributed by atoms with Gasteiger partial charge in [0.2, 0.25) is 5.91 Å². The van der Waals surface area contributed by atoms with E-state index in [-0.39, 0.29) is 11.7 Å². The SMILES string of the molecule is C=CCn1c(SCC(=O)Nc2cccc(OC)c2)nnc1-c1csc(C)c1-c1ccc(C)cc1. The van der Waals surface area contributed by atoms with Crippen LogP contribution in [0.3, 0.4) is 0 Å². The quantitative estimate of drug-likeness (QED) is 0.223. The lowest BCUT2D eigenvalue weighted by Gasteiger charge is -2.10. The largest absolute Gasteiger partial charge is 0.497 e. The normalized spacial score (nSPS) is 10.8. The van der Waals surface area contributed by atoms with Crippen molar-refractivity contribution in [1.82, 2.24) is 14.8 Å². The number of carbonyl (C=O) groups excluding carboxylic acids is 1. The van der Waals surface area contributed by atoms with Crippen LogP contribution in [0.15, 0.2) is 71.7 Å². The molecule has 0 bridgehead atoms. The second kappa shape index (κ2) is 10.7. The van der Waals surface area contributed by atoms with Crippen molar-refractivity contribution in [3.8, 4) is 28.3 Å². The summed E-state index contributed by atoms with van der Waals surface area (Å²) in [5, 5.41) is 14.6. The number of allylic oxidation sites excluding steroid dienone is 1. The van der Waals surface area contributed by atoms with Crippen LogP contribution < -0.4 is 10.1 Å². The van der Waals surface area contributed by atoms with Crippen molar-refractivity contribution in [2.45, 2.75) is 25.5 Å². The van der Waals surface area contributed by atoms with Gasteiger partial charge in [0.05, 0.1) is 12.9 Å². The Morgan fingerprint density at radius 1 is 1.21 bits per heavy atom. The van der Waals surface area contributed by atoms with Crippen molar-refractivity contribution in [3.63, 3.8) is 0 Å². The Kier molecular flexibility index (Phi) is 7.49. The number of benzene rings is 2. The molecule has 34 heavy (non-hydrogen) atoms. The Bertz CT molecular complexity index is 1310. The van der Waals surface area contributed by atoms with E-state index in [0.29, 0.717) is 23.1 Å². The predicted molar refractivity (Wildman–Crippen MR) is 141 cm³/mol. The minimum Gasteiger partial charge on any atom is -0.497 e. The van der Waals surface area contributed by atoms with Gasteiger partial charge in [-0.3, -0.25) is 9.36 Å². The molecule has 1 amide bonds. The van der Waals surface area contributed by atoms with E-state index in [2.05, 4.69) is 65.6 Å². The Labute approximate surface area is 207 Å². The third kappa shape index (κ3) is 5.24. The zero-order valence-electron chi connectivity index (χ0n) is 19.4. The lowest BCUT2D eigenvalue weighted by molar-refractivity contribution is -0.113. The summed E-state index contributed by atoms with van der Waals surface area (Å²) in [7, 11) is 1.60. The van der Waals surface area contributed by atoms with Crippen LogP contribution in [0.2, 0.25) is 0 Å². The summed E-state index contributed by atoms with van der Waals surface area (Å²) in [5.74, 6) is 1.55. The van der Waals surface area contributed by atoms with Crippen molar-refractivity contribution < 1.29 is 9.53 Å². The van der Waals surface area contributed by atoms with Gasteiger partial charge in [0, 0.05) is 39.7 Å². The van der Waals surface area contributed by atoms with E-state index in [9.17, 15) is 4.79 Å². The third-order valence-corrected chi connectivity index (χ3v) is 7.15. The van der Waals surface area contributed by atoms with E-state index < -0.39 is 0 Å². The van der Waals surface area contributed by atoms with Gasteiger partial charge in [0.15, 0.2) is 11.0 Å². The molecule has 2 aromatic heterocycles. The van der Waals surface area contributed by atoms with Gasteiger partial charge in [-0.05, 0) is 31.5 Å². The summed E-state index contributed by atoms with van der Waals surface area (Å²) in [6, 6.07) is 15.8. The molecule has 2 heterocycles. The second-order valence-corrected chi connectivity index (χ2v) is 9.75. The lowest BCUT2D eigenvalue weighted by Crippen LogP contribution is -2.14.